The lowest BCUT2D eigenvalue weighted by atomic mass is 9.98. The quantitative estimate of drug-likeness (QED) is 0.538. The van der Waals surface area contributed by atoms with E-state index in [9.17, 15) is 9.90 Å². The van der Waals surface area contributed by atoms with Crippen molar-refractivity contribution in [2.75, 3.05) is 33.1 Å². The predicted molar refractivity (Wildman–Crippen MR) is 117 cm³/mol. The molecule has 2 atom stereocenters. The van der Waals surface area contributed by atoms with Gasteiger partial charge in [-0.25, -0.2) is 0 Å². The van der Waals surface area contributed by atoms with E-state index in [1.54, 1.807) is 17.0 Å². The van der Waals surface area contributed by atoms with E-state index in [4.69, 9.17) is 19.6 Å². The number of benzene rings is 1. The number of aliphatic hydroxyl groups excluding tert-OH is 1. The highest BCUT2D eigenvalue weighted by Crippen LogP contribution is 2.39. The Kier molecular flexibility index (Phi) is 7.24. The number of amides is 1. The normalized spacial score (nSPS) is 20.5. The summed E-state index contributed by atoms with van der Waals surface area (Å²) in [6.45, 7) is 11.5. The van der Waals surface area contributed by atoms with Gasteiger partial charge in [0.25, 0.3) is 5.91 Å². The summed E-state index contributed by atoms with van der Waals surface area (Å²) in [4.78, 5) is 14.9. The first-order valence-corrected chi connectivity index (χ1v) is 13.0. The fraction of sp³-hybridized carbons (Fsp3) is 0.667. The molecule has 0 spiro atoms. The van der Waals surface area contributed by atoms with Gasteiger partial charge >= 0.3 is 0 Å². The predicted octanol–water partition coefficient (Wildman–Crippen LogP) is 3.27. The lowest BCUT2D eigenvalue weighted by molar-refractivity contribution is 0.0202. The summed E-state index contributed by atoms with van der Waals surface area (Å²) in [5.41, 5.74) is 6.78. The molecule has 2 rings (SSSR count). The molecule has 0 radical (unpaired) electrons. The zero-order valence-electron chi connectivity index (χ0n) is 18.7. The number of rotatable bonds is 6. The van der Waals surface area contributed by atoms with Crippen molar-refractivity contribution in [3.05, 3.63) is 17.7 Å². The highest BCUT2D eigenvalue weighted by atomic mass is 28.4. The molecule has 1 aromatic rings. The number of ether oxygens (including phenoxy) is 2. The molecule has 0 unspecified atom stereocenters. The maximum absolute atomic E-state index is 13.2. The summed E-state index contributed by atoms with van der Waals surface area (Å²) >= 11 is 0. The Balaban J connectivity index is 2.20. The molecule has 164 valence electrons. The zero-order chi connectivity index (χ0) is 22.0. The first-order valence-electron chi connectivity index (χ1n) is 10.1. The zero-order valence-corrected chi connectivity index (χ0v) is 19.7. The average Bonchev–Trinajstić information content (AvgIpc) is 2.65. The third-order valence-corrected chi connectivity index (χ3v) is 10.7. The summed E-state index contributed by atoms with van der Waals surface area (Å²) in [7, 11) is 1.12. The number of aliphatic hydroxyl groups is 1. The highest BCUT2D eigenvalue weighted by Gasteiger charge is 2.41. The second-order valence-corrected chi connectivity index (χ2v) is 13.9. The van der Waals surface area contributed by atoms with Crippen LogP contribution < -0.4 is 15.2 Å². The van der Waals surface area contributed by atoms with Crippen LogP contribution in [-0.4, -0.2) is 63.7 Å². The van der Waals surface area contributed by atoms with Crippen LogP contribution in [0.15, 0.2) is 12.1 Å². The van der Waals surface area contributed by atoms with Crippen molar-refractivity contribution in [1.82, 2.24) is 4.90 Å². The third kappa shape index (κ3) is 5.05. The van der Waals surface area contributed by atoms with Crippen LogP contribution in [-0.2, 0) is 4.43 Å². The van der Waals surface area contributed by atoms with Crippen LogP contribution >= 0.6 is 0 Å². The number of hydrogen-bond donors (Lipinski definition) is 2. The summed E-state index contributed by atoms with van der Waals surface area (Å²) in [5, 5.41) is 10.1. The number of nitrogens with two attached hydrogens (primary N) is 1. The number of methoxy groups -OCH3 is 2. The lowest BCUT2D eigenvalue weighted by Crippen LogP contribution is -2.53. The Morgan fingerprint density at radius 3 is 2.34 bits per heavy atom. The second-order valence-electron chi connectivity index (χ2n) is 9.15. The standard InChI is InChI=1S/C21H36N2O5Si/c1-21(2,3)29(6,7)28-15-8-9-23(14(10-15)13-24)20(25)16-11-18(26-4)19(27-5)12-17(16)22/h11-12,14-15,24H,8-10,13,22H2,1-7H3/t14-,15+/m0/s1. The van der Waals surface area contributed by atoms with Gasteiger partial charge in [0.1, 0.15) is 0 Å². The monoisotopic (exact) mass is 424 g/mol. The second kappa shape index (κ2) is 8.93. The van der Waals surface area contributed by atoms with Crippen LogP contribution in [0.3, 0.4) is 0 Å². The minimum Gasteiger partial charge on any atom is -0.493 e. The molecule has 3 N–H and O–H groups in total. The average molecular weight is 425 g/mol. The number of carbonyl (C=O) groups is 1. The van der Waals surface area contributed by atoms with Gasteiger partial charge in [0.2, 0.25) is 0 Å². The van der Waals surface area contributed by atoms with E-state index in [1.165, 1.54) is 14.2 Å². The van der Waals surface area contributed by atoms with Gasteiger partial charge in [-0.3, -0.25) is 4.79 Å². The summed E-state index contributed by atoms with van der Waals surface area (Å²) in [6, 6.07) is 2.88. The molecule has 0 bridgehead atoms. The van der Waals surface area contributed by atoms with Crippen LogP contribution in [0, 0.1) is 0 Å². The maximum Gasteiger partial charge on any atom is 0.256 e. The van der Waals surface area contributed by atoms with Crippen LogP contribution in [0.2, 0.25) is 18.1 Å². The molecule has 1 heterocycles. The molecule has 1 aliphatic heterocycles. The van der Waals surface area contributed by atoms with Gasteiger partial charge in [0.05, 0.1) is 32.4 Å². The van der Waals surface area contributed by atoms with Crippen LogP contribution in [0.1, 0.15) is 44.0 Å². The minimum absolute atomic E-state index is 0.0415. The van der Waals surface area contributed by atoms with E-state index in [-0.39, 0.29) is 29.7 Å². The fourth-order valence-electron chi connectivity index (χ4n) is 3.39. The number of nitrogen functional groups attached to an aromatic ring is 1. The van der Waals surface area contributed by atoms with Crippen molar-refractivity contribution in [2.45, 2.75) is 63.9 Å². The smallest absolute Gasteiger partial charge is 0.256 e. The molecule has 7 nitrogen and oxygen atoms in total. The van der Waals surface area contributed by atoms with Crippen molar-refractivity contribution in [3.8, 4) is 11.5 Å². The Labute approximate surface area is 175 Å². The van der Waals surface area contributed by atoms with Gasteiger partial charge in [-0.1, -0.05) is 20.8 Å². The molecule has 1 saturated heterocycles. The van der Waals surface area contributed by atoms with Crippen molar-refractivity contribution < 1.29 is 23.8 Å². The molecular weight excluding hydrogens is 388 g/mol. The molecule has 1 amide bonds. The fourth-order valence-corrected chi connectivity index (χ4v) is 4.79. The molecule has 1 aliphatic rings. The van der Waals surface area contributed by atoms with E-state index in [2.05, 4.69) is 33.9 Å². The maximum atomic E-state index is 13.2. The highest BCUT2D eigenvalue weighted by molar-refractivity contribution is 6.74. The number of piperidine rings is 1. The van der Waals surface area contributed by atoms with Crippen molar-refractivity contribution >= 4 is 19.9 Å². The van der Waals surface area contributed by atoms with E-state index in [0.717, 1.165) is 6.42 Å². The SMILES string of the molecule is COc1cc(N)c(C(=O)N2CC[C@@H](O[Si](C)(C)C(C)(C)C)C[C@H]2CO)cc1OC. The largest absolute Gasteiger partial charge is 0.493 e. The number of likely N-dealkylation sites (tertiary alicyclic amines) is 1. The topological polar surface area (TPSA) is 94.3 Å². The summed E-state index contributed by atoms with van der Waals surface area (Å²) in [6.07, 6.45) is 1.39. The van der Waals surface area contributed by atoms with Gasteiger partial charge < -0.3 is 29.6 Å². The Morgan fingerprint density at radius 1 is 1.24 bits per heavy atom. The Hall–Kier alpha value is -1.77. The van der Waals surface area contributed by atoms with Crippen molar-refractivity contribution in [3.63, 3.8) is 0 Å². The van der Waals surface area contributed by atoms with Crippen molar-refractivity contribution in [1.29, 1.82) is 0 Å². The lowest BCUT2D eigenvalue weighted by Gasteiger charge is -2.44. The van der Waals surface area contributed by atoms with Gasteiger partial charge in [-0.2, -0.15) is 0 Å². The molecular formula is C21H36N2O5Si. The van der Waals surface area contributed by atoms with Gasteiger partial charge in [-0.15, -0.1) is 0 Å². The van der Waals surface area contributed by atoms with E-state index < -0.39 is 8.32 Å². The van der Waals surface area contributed by atoms with Crippen LogP contribution in [0.25, 0.3) is 0 Å². The first-order chi connectivity index (χ1) is 13.4. The minimum atomic E-state index is -1.92. The Morgan fingerprint density at radius 2 is 1.83 bits per heavy atom. The molecule has 1 aromatic carbocycles. The van der Waals surface area contributed by atoms with Crippen molar-refractivity contribution in [2.24, 2.45) is 0 Å². The first kappa shape index (κ1) is 23.5. The summed E-state index contributed by atoms with van der Waals surface area (Å²) < 4.78 is 17.1. The Bertz CT molecular complexity index is 733. The number of carbonyl (C=O) groups excluding carboxylic acids is 1. The molecule has 0 saturated carbocycles. The van der Waals surface area contributed by atoms with Crippen LogP contribution in [0.4, 0.5) is 5.69 Å². The number of hydrogen-bond acceptors (Lipinski definition) is 6. The molecule has 0 aromatic heterocycles. The number of nitrogens with zero attached hydrogens (tertiary/aromatic N) is 1. The van der Waals surface area contributed by atoms with Gasteiger partial charge in [0, 0.05) is 24.4 Å². The molecule has 1 fully saturated rings. The van der Waals surface area contributed by atoms with E-state index in [1.807, 2.05) is 0 Å². The van der Waals surface area contributed by atoms with E-state index in [0.29, 0.717) is 35.7 Å². The molecule has 29 heavy (non-hydrogen) atoms. The third-order valence-electron chi connectivity index (χ3n) is 6.19. The number of anilines is 1. The molecule has 0 aliphatic carbocycles. The van der Waals surface area contributed by atoms with Crippen LogP contribution in [0.5, 0.6) is 11.5 Å². The molecule has 8 heteroatoms. The van der Waals surface area contributed by atoms with E-state index >= 15 is 0 Å². The summed E-state index contributed by atoms with van der Waals surface area (Å²) in [5.74, 6) is 0.705. The van der Waals surface area contributed by atoms with Gasteiger partial charge in [0.15, 0.2) is 19.8 Å². The van der Waals surface area contributed by atoms with Gasteiger partial charge in [-0.05, 0) is 37.0 Å².